The van der Waals surface area contributed by atoms with Gasteiger partial charge >= 0.3 is 17.9 Å². The standard InChI is InChI=1S/C4H2O3.C4H6O2/c5-3-1-2-4(6)7-3;1-2-3-4(5)6/h1-2H;2-3H,1H3,(H,5,6). The Balaban J connectivity index is 0.000000226. The van der Waals surface area contributed by atoms with E-state index in [-0.39, 0.29) is 0 Å². The summed E-state index contributed by atoms with van der Waals surface area (Å²) in [6.45, 7) is 1.66. The summed E-state index contributed by atoms with van der Waals surface area (Å²) in [5.41, 5.74) is 0. The van der Waals surface area contributed by atoms with Gasteiger partial charge in [-0.3, -0.25) is 0 Å². The molecule has 0 saturated carbocycles. The number of esters is 2. The fourth-order valence-corrected chi connectivity index (χ4v) is 0.446. The van der Waals surface area contributed by atoms with Crippen molar-refractivity contribution in [2.24, 2.45) is 0 Å². The van der Waals surface area contributed by atoms with Crippen molar-refractivity contribution >= 4 is 17.9 Å². The molecule has 0 amide bonds. The van der Waals surface area contributed by atoms with E-state index < -0.39 is 17.9 Å². The largest absolute Gasteiger partial charge is 0.478 e. The first-order valence-electron chi connectivity index (χ1n) is 3.35. The highest BCUT2D eigenvalue weighted by molar-refractivity contribution is 6.04. The van der Waals surface area contributed by atoms with Crippen molar-refractivity contribution in [1.82, 2.24) is 0 Å². The van der Waals surface area contributed by atoms with Crippen molar-refractivity contribution in [2.45, 2.75) is 6.92 Å². The van der Waals surface area contributed by atoms with E-state index in [0.29, 0.717) is 0 Å². The van der Waals surface area contributed by atoms with E-state index in [1.165, 1.54) is 6.08 Å². The molecule has 1 heterocycles. The predicted molar refractivity (Wildman–Crippen MR) is 42.7 cm³/mol. The number of carboxylic acid groups (broad SMARTS) is 1. The first kappa shape index (κ1) is 11.1. The summed E-state index contributed by atoms with van der Waals surface area (Å²) in [4.78, 5) is 29.4. The molecule has 0 radical (unpaired) electrons. The van der Waals surface area contributed by atoms with E-state index in [1.807, 2.05) is 0 Å². The average molecular weight is 184 g/mol. The van der Waals surface area contributed by atoms with Crippen LogP contribution in [0.5, 0.6) is 0 Å². The number of carbonyl (C=O) groups excluding carboxylic acids is 2. The molecule has 13 heavy (non-hydrogen) atoms. The summed E-state index contributed by atoms with van der Waals surface area (Å²) >= 11 is 0. The van der Waals surface area contributed by atoms with Crippen LogP contribution in [0.4, 0.5) is 0 Å². The maximum absolute atomic E-state index is 9.92. The van der Waals surface area contributed by atoms with Crippen LogP contribution in [0, 0.1) is 0 Å². The molecule has 1 N–H and O–H groups in total. The molecule has 0 spiro atoms. The number of hydrogen-bond donors (Lipinski definition) is 1. The molecule has 1 aliphatic rings. The summed E-state index contributed by atoms with van der Waals surface area (Å²) < 4.78 is 3.97. The van der Waals surface area contributed by atoms with Crippen molar-refractivity contribution in [1.29, 1.82) is 0 Å². The van der Waals surface area contributed by atoms with Crippen LogP contribution < -0.4 is 0 Å². The lowest BCUT2D eigenvalue weighted by Gasteiger charge is -1.80. The molecule has 0 saturated heterocycles. The minimum atomic E-state index is -0.891. The highest BCUT2D eigenvalue weighted by atomic mass is 16.6. The number of hydrogen-bond acceptors (Lipinski definition) is 4. The second-order valence-corrected chi connectivity index (χ2v) is 1.91. The normalized spacial score (nSPS) is 13.9. The Morgan fingerprint density at radius 2 is 1.85 bits per heavy atom. The first-order chi connectivity index (χ1) is 6.06. The Morgan fingerprint density at radius 3 is 1.92 bits per heavy atom. The van der Waals surface area contributed by atoms with Gasteiger partial charge in [-0.2, -0.15) is 0 Å². The van der Waals surface area contributed by atoms with Crippen LogP contribution in [0.1, 0.15) is 6.92 Å². The molecule has 0 aromatic carbocycles. The van der Waals surface area contributed by atoms with Gasteiger partial charge in [-0.25, -0.2) is 14.4 Å². The molecule has 1 rings (SSSR count). The SMILES string of the molecule is CC=CC(=O)O.O=C1C=CC(=O)O1. The van der Waals surface area contributed by atoms with Crippen LogP contribution in [0.25, 0.3) is 0 Å². The van der Waals surface area contributed by atoms with Gasteiger partial charge in [0.25, 0.3) is 0 Å². The monoisotopic (exact) mass is 184 g/mol. The summed E-state index contributed by atoms with van der Waals surface area (Å²) in [7, 11) is 0. The van der Waals surface area contributed by atoms with Crippen LogP contribution in [0.2, 0.25) is 0 Å². The van der Waals surface area contributed by atoms with Gasteiger partial charge in [0.05, 0.1) is 0 Å². The highest BCUT2D eigenvalue weighted by Crippen LogP contribution is 1.92. The third kappa shape index (κ3) is 6.49. The molecular weight excluding hydrogens is 176 g/mol. The second kappa shape index (κ2) is 5.70. The average Bonchev–Trinajstić information content (AvgIpc) is 2.35. The Morgan fingerprint density at radius 1 is 1.38 bits per heavy atom. The van der Waals surface area contributed by atoms with Crippen molar-refractivity contribution < 1.29 is 24.2 Å². The third-order valence-corrected chi connectivity index (χ3v) is 0.866. The fourth-order valence-electron chi connectivity index (χ4n) is 0.446. The lowest BCUT2D eigenvalue weighted by Crippen LogP contribution is -1.96. The van der Waals surface area contributed by atoms with Crippen LogP contribution in [0.3, 0.4) is 0 Å². The van der Waals surface area contributed by atoms with E-state index in [4.69, 9.17) is 5.11 Å². The Labute approximate surface area is 74.3 Å². The van der Waals surface area contributed by atoms with Gasteiger partial charge in [0.1, 0.15) is 0 Å². The van der Waals surface area contributed by atoms with Crippen LogP contribution in [0.15, 0.2) is 24.3 Å². The maximum Gasteiger partial charge on any atom is 0.338 e. The quantitative estimate of drug-likeness (QED) is 0.359. The van der Waals surface area contributed by atoms with Crippen LogP contribution in [-0.4, -0.2) is 23.0 Å². The smallest absolute Gasteiger partial charge is 0.338 e. The van der Waals surface area contributed by atoms with Crippen LogP contribution in [-0.2, 0) is 19.1 Å². The Bertz CT molecular complexity index is 258. The van der Waals surface area contributed by atoms with Gasteiger partial charge < -0.3 is 9.84 Å². The van der Waals surface area contributed by atoms with Gasteiger partial charge in [0.2, 0.25) is 0 Å². The van der Waals surface area contributed by atoms with E-state index in [1.54, 1.807) is 6.92 Å². The molecule has 0 unspecified atom stereocenters. The molecule has 70 valence electrons. The van der Waals surface area contributed by atoms with E-state index in [9.17, 15) is 14.4 Å². The molecule has 0 aromatic rings. The van der Waals surface area contributed by atoms with E-state index >= 15 is 0 Å². The number of rotatable bonds is 1. The lowest BCUT2D eigenvalue weighted by molar-refractivity contribution is -0.150. The molecule has 0 aromatic heterocycles. The molecule has 0 atom stereocenters. The zero-order chi connectivity index (χ0) is 10.3. The Kier molecular flexibility index (Phi) is 4.87. The van der Waals surface area contributed by atoms with Crippen molar-refractivity contribution in [2.75, 3.05) is 0 Å². The summed E-state index contributed by atoms with van der Waals surface area (Å²) in [6, 6.07) is 0. The molecule has 0 fully saturated rings. The molecule has 0 bridgehead atoms. The molecule has 5 heteroatoms. The third-order valence-electron chi connectivity index (χ3n) is 0.866. The van der Waals surface area contributed by atoms with Crippen molar-refractivity contribution in [3.8, 4) is 0 Å². The van der Waals surface area contributed by atoms with Gasteiger partial charge in [0.15, 0.2) is 0 Å². The fraction of sp³-hybridized carbons (Fsp3) is 0.125. The van der Waals surface area contributed by atoms with Crippen LogP contribution >= 0.6 is 0 Å². The summed E-state index contributed by atoms with van der Waals surface area (Å²) in [6.07, 6.45) is 4.73. The number of ether oxygens (including phenoxy) is 1. The van der Waals surface area contributed by atoms with Gasteiger partial charge in [-0.05, 0) is 6.92 Å². The zero-order valence-corrected chi connectivity index (χ0v) is 6.89. The van der Waals surface area contributed by atoms with Crippen molar-refractivity contribution in [3.05, 3.63) is 24.3 Å². The number of carbonyl (C=O) groups is 3. The van der Waals surface area contributed by atoms with Gasteiger partial charge in [0, 0.05) is 18.2 Å². The Hall–Kier alpha value is -1.91. The predicted octanol–water partition coefficient (Wildman–Crippen LogP) is 0.273. The van der Waals surface area contributed by atoms with Crippen molar-refractivity contribution in [3.63, 3.8) is 0 Å². The topological polar surface area (TPSA) is 80.7 Å². The minimum absolute atomic E-state index is 0.579. The number of aliphatic carboxylic acids is 1. The number of cyclic esters (lactones) is 2. The van der Waals surface area contributed by atoms with Gasteiger partial charge in [-0.1, -0.05) is 6.08 Å². The highest BCUT2D eigenvalue weighted by Gasteiger charge is 2.10. The number of allylic oxidation sites excluding steroid dienone is 1. The summed E-state index contributed by atoms with van der Waals surface area (Å²) in [5, 5.41) is 7.83. The molecule has 5 nitrogen and oxygen atoms in total. The van der Waals surface area contributed by atoms with Gasteiger partial charge in [-0.15, -0.1) is 0 Å². The zero-order valence-electron chi connectivity index (χ0n) is 6.89. The second-order valence-electron chi connectivity index (χ2n) is 1.91. The van der Waals surface area contributed by atoms with E-state index in [2.05, 4.69) is 4.74 Å². The summed E-state index contributed by atoms with van der Waals surface area (Å²) in [5.74, 6) is -2.05. The molecule has 0 aliphatic carbocycles. The maximum atomic E-state index is 9.92. The van der Waals surface area contributed by atoms with E-state index in [0.717, 1.165) is 18.2 Å². The lowest BCUT2D eigenvalue weighted by atomic mass is 10.5. The molecule has 1 aliphatic heterocycles. The first-order valence-corrected chi connectivity index (χ1v) is 3.35. The number of carboxylic acids is 1. The minimum Gasteiger partial charge on any atom is -0.478 e. The molecular formula is C8H8O5.